The average molecular weight is 689 g/mol. The van der Waals surface area contributed by atoms with Crippen LogP contribution in [0.1, 0.15) is 155 Å². The Kier molecular flexibility index (Phi) is 6.77. The van der Waals surface area contributed by atoms with Crippen LogP contribution in [0.25, 0.3) is 0 Å². The molecule has 14 aliphatic carbocycles. The molecule has 0 amide bonds. The standard InChI is InChI=1S/C51H76/c1-2-39-27-5-6-28(19-27)41(39)43-31-9-10-32(21-31)45(43)47-35-13-14-36(23-35)49(47)51-38-16-15-37(24-38)50(51)48-34-12-11-33(22-34)46(48)44-30-8-7-29(20-30)42(44)40-18-25-3-4-26(40)17-25/h25-51H,2-24H2,1H3. The van der Waals surface area contributed by atoms with Crippen molar-refractivity contribution in [3.8, 4) is 0 Å². The van der Waals surface area contributed by atoms with E-state index in [1.54, 1.807) is 141 Å². The van der Waals surface area contributed by atoms with Gasteiger partial charge in [-0.3, -0.25) is 0 Å². The Morgan fingerprint density at radius 3 is 0.902 bits per heavy atom. The summed E-state index contributed by atoms with van der Waals surface area (Å²) in [5, 5.41) is 0. The number of rotatable bonds is 7. The molecular formula is C51H76. The molecule has 0 heterocycles. The van der Waals surface area contributed by atoms with Gasteiger partial charge in [0.1, 0.15) is 0 Å². The molecule has 0 N–H and O–H groups in total. The number of hydrogen-bond donors (Lipinski definition) is 0. The Morgan fingerprint density at radius 2 is 0.549 bits per heavy atom. The normalized spacial score (nSPS) is 67.8. The van der Waals surface area contributed by atoms with Crippen LogP contribution < -0.4 is 0 Å². The van der Waals surface area contributed by atoms with Crippen molar-refractivity contribution in [2.24, 2.45) is 160 Å². The highest BCUT2D eigenvalue weighted by atomic mass is 14.7. The van der Waals surface area contributed by atoms with Gasteiger partial charge in [0, 0.05) is 0 Å². The lowest BCUT2D eigenvalue weighted by molar-refractivity contribution is -0.0644. The molecule has 14 fully saturated rings. The van der Waals surface area contributed by atoms with Gasteiger partial charge in [0.15, 0.2) is 0 Å². The monoisotopic (exact) mass is 689 g/mol. The van der Waals surface area contributed by atoms with E-state index in [1.807, 2.05) is 0 Å². The maximum Gasteiger partial charge on any atom is -0.0318 e. The molecule has 0 radical (unpaired) electrons. The van der Waals surface area contributed by atoms with Gasteiger partial charge < -0.3 is 0 Å². The molecule has 27 unspecified atom stereocenters. The first-order valence-electron chi connectivity index (χ1n) is 25.2. The fourth-order valence-corrected chi connectivity index (χ4v) is 24.1. The largest absolute Gasteiger partial charge is 0.0651 e. The SMILES string of the molecule is CCC1C2CCC(C2)C1C1C2CCC(C2)C1C1C2CCC(C2)C1C1C2CCC(C2)C1C1C2CCC(C2)C1C1C2CCC(C2)C1C1CC2CCC1C2. The summed E-state index contributed by atoms with van der Waals surface area (Å²) in [6.45, 7) is 2.63. The van der Waals surface area contributed by atoms with Gasteiger partial charge in [-0.15, -0.1) is 0 Å². The van der Waals surface area contributed by atoms with Gasteiger partial charge in [-0.25, -0.2) is 0 Å². The minimum Gasteiger partial charge on any atom is -0.0651 e. The molecule has 14 aliphatic rings. The third kappa shape index (κ3) is 4.03. The van der Waals surface area contributed by atoms with Crippen molar-refractivity contribution < 1.29 is 0 Å². The van der Waals surface area contributed by atoms with Crippen LogP contribution in [0.5, 0.6) is 0 Å². The maximum absolute atomic E-state index is 2.63. The van der Waals surface area contributed by atoms with Crippen LogP contribution in [0, 0.1) is 160 Å². The molecule has 14 bridgehead atoms. The second kappa shape index (κ2) is 11.1. The van der Waals surface area contributed by atoms with Gasteiger partial charge in [0.05, 0.1) is 0 Å². The van der Waals surface area contributed by atoms with Crippen molar-refractivity contribution in [3.05, 3.63) is 0 Å². The van der Waals surface area contributed by atoms with Crippen LogP contribution in [-0.2, 0) is 0 Å². The molecule has 280 valence electrons. The van der Waals surface area contributed by atoms with Crippen molar-refractivity contribution >= 4 is 0 Å². The molecule has 0 aromatic rings. The van der Waals surface area contributed by atoms with E-state index in [-0.39, 0.29) is 0 Å². The molecule has 14 rings (SSSR count). The molecular weight excluding hydrogens is 613 g/mol. The fraction of sp³-hybridized carbons (Fsp3) is 1.00. The summed E-state index contributed by atoms with van der Waals surface area (Å²) in [7, 11) is 0. The Balaban J connectivity index is 0.833. The Morgan fingerprint density at radius 1 is 0.255 bits per heavy atom. The zero-order valence-corrected chi connectivity index (χ0v) is 32.9. The zero-order valence-electron chi connectivity index (χ0n) is 32.9. The second-order valence-electron chi connectivity index (χ2n) is 24.8. The minimum absolute atomic E-state index is 1.13. The summed E-state index contributed by atoms with van der Waals surface area (Å²) < 4.78 is 0. The van der Waals surface area contributed by atoms with Crippen LogP contribution in [0.2, 0.25) is 0 Å². The van der Waals surface area contributed by atoms with Crippen molar-refractivity contribution in [2.75, 3.05) is 0 Å². The average Bonchev–Trinajstić information content (AvgIpc) is 4.01. The van der Waals surface area contributed by atoms with E-state index in [0.717, 1.165) is 59.2 Å². The number of fused-ring (bicyclic) bond motifs is 14. The van der Waals surface area contributed by atoms with Gasteiger partial charge in [-0.1, -0.05) is 19.8 Å². The van der Waals surface area contributed by atoms with Gasteiger partial charge in [0.2, 0.25) is 0 Å². The zero-order chi connectivity index (χ0) is 32.9. The van der Waals surface area contributed by atoms with Crippen molar-refractivity contribution in [3.63, 3.8) is 0 Å². The molecule has 0 aromatic carbocycles. The summed E-state index contributed by atoms with van der Waals surface area (Å²) in [5.41, 5.74) is 0. The lowest BCUT2D eigenvalue weighted by Crippen LogP contribution is -2.49. The summed E-state index contributed by atoms with van der Waals surface area (Å²) in [4.78, 5) is 0. The fourth-order valence-electron chi connectivity index (χ4n) is 24.1. The summed E-state index contributed by atoms with van der Waals surface area (Å²) >= 11 is 0. The van der Waals surface area contributed by atoms with Gasteiger partial charge in [0.25, 0.3) is 0 Å². The van der Waals surface area contributed by atoms with E-state index in [1.165, 1.54) is 107 Å². The molecule has 0 nitrogen and oxygen atoms in total. The smallest absolute Gasteiger partial charge is 0.0318 e. The lowest BCUT2D eigenvalue weighted by Gasteiger charge is -2.54. The van der Waals surface area contributed by atoms with Crippen LogP contribution in [-0.4, -0.2) is 0 Å². The molecule has 0 spiro atoms. The molecule has 27 atom stereocenters. The van der Waals surface area contributed by atoms with Crippen LogP contribution in [0.4, 0.5) is 0 Å². The highest BCUT2D eigenvalue weighted by Crippen LogP contribution is 2.76. The predicted molar refractivity (Wildman–Crippen MR) is 206 cm³/mol. The molecule has 14 saturated carbocycles. The van der Waals surface area contributed by atoms with E-state index in [2.05, 4.69) is 6.92 Å². The molecule has 0 saturated heterocycles. The topological polar surface area (TPSA) is 0 Å². The van der Waals surface area contributed by atoms with E-state index in [9.17, 15) is 0 Å². The third-order valence-electron chi connectivity index (χ3n) is 24.4. The quantitative estimate of drug-likeness (QED) is 0.250. The summed E-state index contributed by atoms with van der Waals surface area (Å²) in [5.74, 6) is 31.6. The van der Waals surface area contributed by atoms with Crippen molar-refractivity contribution in [2.45, 2.75) is 155 Å². The summed E-state index contributed by atoms with van der Waals surface area (Å²) in [6.07, 6.45) is 38.2. The van der Waals surface area contributed by atoms with Gasteiger partial charge in [-0.05, 0) is 295 Å². The Labute approximate surface area is 313 Å². The highest BCUT2D eigenvalue weighted by Gasteiger charge is 2.69. The van der Waals surface area contributed by atoms with E-state index < -0.39 is 0 Å². The highest BCUT2D eigenvalue weighted by molar-refractivity contribution is 5.18. The van der Waals surface area contributed by atoms with Gasteiger partial charge >= 0.3 is 0 Å². The van der Waals surface area contributed by atoms with E-state index in [4.69, 9.17) is 0 Å². The third-order valence-corrected chi connectivity index (χ3v) is 24.4. The first-order chi connectivity index (χ1) is 25.2. The molecule has 0 heteroatoms. The van der Waals surface area contributed by atoms with Crippen molar-refractivity contribution in [1.82, 2.24) is 0 Å². The van der Waals surface area contributed by atoms with Crippen LogP contribution in [0.3, 0.4) is 0 Å². The van der Waals surface area contributed by atoms with Gasteiger partial charge in [-0.2, -0.15) is 0 Å². The van der Waals surface area contributed by atoms with E-state index >= 15 is 0 Å². The maximum atomic E-state index is 2.63. The van der Waals surface area contributed by atoms with Crippen LogP contribution in [0.15, 0.2) is 0 Å². The van der Waals surface area contributed by atoms with Crippen molar-refractivity contribution in [1.29, 1.82) is 0 Å². The molecule has 51 heavy (non-hydrogen) atoms. The van der Waals surface area contributed by atoms with E-state index in [0.29, 0.717) is 0 Å². The second-order valence-corrected chi connectivity index (χ2v) is 24.8. The number of hydrogen-bond acceptors (Lipinski definition) is 0. The van der Waals surface area contributed by atoms with Crippen LogP contribution >= 0.6 is 0 Å². The first kappa shape index (κ1) is 31.1. The minimum atomic E-state index is 1.13. The Hall–Kier alpha value is 0. The molecule has 0 aliphatic heterocycles. The lowest BCUT2D eigenvalue weighted by atomic mass is 9.51. The first-order valence-corrected chi connectivity index (χ1v) is 25.2. The Bertz CT molecular complexity index is 1390. The summed E-state index contributed by atoms with van der Waals surface area (Å²) in [6, 6.07) is 0. The predicted octanol–water partition coefficient (Wildman–Crippen LogP) is 12.8. The molecule has 0 aromatic heterocycles.